The summed E-state index contributed by atoms with van der Waals surface area (Å²) in [6, 6.07) is 13.3. The molecule has 0 spiro atoms. The molecule has 6 heteroatoms. The molecular formula is C23H25N3O3. The van der Waals surface area contributed by atoms with Crippen LogP contribution in [-0.2, 0) is 7.05 Å². The van der Waals surface area contributed by atoms with Crippen LogP contribution in [-0.4, -0.2) is 27.6 Å². The number of benzene rings is 1. The minimum atomic E-state index is -0.294. The molecule has 3 aromatic rings. The Bertz CT molecular complexity index is 1100. The van der Waals surface area contributed by atoms with Gasteiger partial charge in [-0.3, -0.25) is 14.6 Å². The first-order valence-corrected chi connectivity index (χ1v) is 10.0. The molecule has 2 aromatic heterocycles. The molecule has 29 heavy (non-hydrogen) atoms. The second-order valence-corrected chi connectivity index (χ2v) is 7.68. The third-order valence-electron chi connectivity index (χ3n) is 5.69. The molecule has 1 N–H and O–H groups in total. The first-order chi connectivity index (χ1) is 14.0. The number of ether oxygens (including phenoxy) is 1. The molecule has 150 valence electrons. The van der Waals surface area contributed by atoms with Crippen molar-refractivity contribution in [3.05, 3.63) is 70.3 Å². The van der Waals surface area contributed by atoms with E-state index >= 15 is 0 Å². The van der Waals surface area contributed by atoms with Crippen molar-refractivity contribution in [2.24, 2.45) is 7.05 Å². The number of aromatic nitrogens is 2. The maximum atomic E-state index is 12.5. The van der Waals surface area contributed by atoms with Gasteiger partial charge in [0.05, 0.1) is 11.6 Å². The highest BCUT2D eigenvalue weighted by atomic mass is 16.5. The highest BCUT2D eigenvalue weighted by Gasteiger charge is 2.25. The fourth-order valence-electron chi connectivity index (χ4n) is 3.81. The van der Waals surface area contributed by atoms with Crippen molar-refractivity contribution in [1.82, 2.24) is 14.9 Å². The van der Waals surface area contributed by atoms with Crippen LogP contribution in [0.1, 0.15) is 41.7 Å². The van der Waals surface area contributed by atoms with Crippen LogP contribution >= 0.6 is 0 Å². The minimum Gasteiger partial charge on any atom is -0.490 e. The van der Waals surface area contributed by atoms with Gasteiger partial charge >= 0.3 is 0 Å². The molecule has 1 saturated carbocycles. The highest BCUT2D eigenvalue weighted by Crippen LogP contribution is 2.26. The molecule has 2 heterocycles. The van der Waals surface area contributed by atoms with Crippen LogP contribution in [0, 0.1) is 6.92 Å². The summed E-state index contributed by atoms with van der Waals surface area (Å²) in [5.74, 6) is 0.554. The first kappa shape index (κ1) is 19.2. The van der Waals surface area contributed by atoms with Crippen LogP contribution in [0.25, 0.3) is 10.9 Å². The van der Waals surface area contributed by atoms with Crippen molar-refractivity contribution in [3.8, 4) is 5.75 Å². The lowest BCUT2D eigenvalue weighted by atomic mass is 9.92. The molecule has 4 rings (SSSR count). The second-order valence-electron chi connectivity index (χ2n) is 7.68. The van der Waals surface area contributed by atoms with Crippen molar-refractivity contribution in [2.75, 3.05) is 0 Å². The van der Waals surface area contributed by atoms with E-state index in [-0.39, 0.29) is 29.2 Å². The molecule has 0 radical (unpaired) electrons. The molecule has 0 saturated heterocycles. The molecule has 1 amide bonds. The normalized spacial score (nSPS) is 19.1. The number of nitrogens with one attached hydrogen (secondary N) is 1. The van der Waals surface area contributed by atoms with Crippen molar-refractivity contribution in [2.45, 2.75) is 44.8 Å². The van der Waals surface area contributed by atoms with E-state index in [0.29, 0.717) is 0 Å². The van der Waals surface area contributed by atoms with E-state index in [1.54, 1.807) is 25.4 Å². The quantitative estimate of drug-likeness (QED) is 0.740. The molecule has 0 bridgehead atoms. The molecule has 1 aliphatic rings. The topological polar surface area (TPSA) is 73.2 Å². The average Bonchev–Trinajstić information content (AvgIpc) is 2.73. The Balaban J connectivity index is 1.34. The van der Waals surface area contributed by atoms with E-state index in [2.05, 4.69) is 10.3 Å². The highest BCUT2D eigenvalue weighted by molar-refractivity contribution is 5.94. The van der Waals surface area contributed by atoms with Crippen LogP contribution in [0.2, 0.25) is 0 Å². The molecule has 1 aromatic carbocycles. The largest absolute Gasteiger partial charge is 0.490 e. The Morgan fingerprint density at radius 1 is 1.14 bits per heavy atom. The lowest BCUT2D eigenvalue weighted by Crippen LogP contribution is -2.42. The molecule has 0 atom stereocenters. The van der Waals surface area contributed by atoms with E-state index in [9.17, 15) is 9.59 Å². The van der Waals surface area contributed by atoms with Gasteiger partial charge in [0.15, 0.2) is 0 Å². The maximum Gasteiger partial charge on any atom is 0.263 e. The number of nitrogens with zero attached hydrogens (tertiary/aromatic N) is 2. The zero-order chi connectivity index (χ0) is 20.4. The number of fused-ring (bicyclic) bond motifs is 1. The lowest BCUT2D eigenvalue weighted by Gasteiger charge is -2.29. The van der Waals surface area contributed by atoms with Gasteiger partial charge in [-0.15, -0.1) is 0 Å². The van der Waals surface area contributed by atoms with Crippen LogP contribution in [0.4, 0.5) is 0 Å². The van der Waals surface area contributed by atoms with Gasteiger partial charge < -0.3 is 14.6 Å². The number of hydrogen-bond donors (Lipinski definition) is 1. The number of amides is 1. The number of hydrogen-bond acceptors (Lipinski definition) is 4. The SMILES string of the molecule is Cc1ccc(C(=O)NC2CCC(Oc3ccc4ncccc4c3)CC2)c(=O)n1C. The van der Waals surface area contributed by atoms with E-state index < -0.39 is 0 Å². The van der Waals surface area contributed by atoms with Crippen molar-refractivity contribution in [3.63, 3.8) is 0 Å². The Hall–Kier alpha value is -3.15. The number of carbonyl (C=O) groups is 1. The predicted molar refractivity (Wildman–Crippen MR) is 112 cm³/mol. The molecular weight excluding hydrogens is 366 g/mol. The van der Waals surface area contributed by atoms with Crippen molar-refractivity contribution >= 4 is 16.8 Å². The molecule has 0 aliphatic heterocycles. The zero-order valence-electron chi connectivity index (χ0n) is 16.7. The van der Waals surface area contributed by atoms with E-state index in [1.165, 1.54) is 4.57 Å². The van der Waals surface area contributed by atoms with Crippen LogP contribution in [0.15, 0.2) is 53.5 Å². The lowest BCUT2D eigenvalue weighted by molar-refractivity contribution is 0.0892. The second kappa shape index (κ2) is 8.07. The number of aryl methyl sites for hydroxylation is 1. The van der Waals surface area contributed by atoms with Crippen molar-refractivity contribution < 1.29 is 9.53 Å². The Kier molecular flexibility index (Phi) is 5.34. The third-order valence-corrected chi connectivity index (χ3v) is 5.69. The maximum absolute atomic E-state index is 12.5. The van der Waals surface area contributed by atoms with Crippen LogP contribution < -0.4 is 15.6 Å². The predicted octanol–water partition coefficient (Wildman–Crippen LogP) is 3.36. The Morgan fingerprint density at radius 2 is 1.93 bits per heavy atom. The number of pyridine rings is 2. The summed E-state index contributed by atoms with van der Waals surface area (Å²) in [5, 5.41) is 4.08. The van der Waals surface area contributed by atoms with E-state index in [1.807, 2.05) is 37.3 Å². The Labute approximate surface area is 169 Å². The first-order valence-electron chi connectivity index (χ1n) is 10.0. The molecule has 1 aliphatic carbocycles. The van der Waals surface area contributed by atoms with Gasteiger partial charge in [0.2, 0.25) is 0 Å². The van der Waals surface area contributed by atoms with E-state index in [4.69, 9.17) is 4.74 Å². The van der Waals surface area contributed by atoms with Gasteiger partial charge in [-0.2, -0.15) is 0 Å². The standard InChI is InChI=1S/C23H25N3O3/c1-15-5-11-20(23(28)26(15)2)22(27)25-17-6-8-18(9-7-17)29-19-10-12-21-16(14-19)4-3-13-24-21/h3-5,10-14,17-18H,6-9H2,1-2H3,(H,25,27). The summed E-state index contributed by atoms with van der Waals surface area (Å²) in [7, 11) is 1.68. The minimum absolute atomic E-state index is 0.0640. The summed E-state index contributed by atoms with van der Waals surface area (Å²) in [4.78, 5) is 29.2. The van der Waals surface area contributed by atoms with Gasteiger partial charge in [0.1, 0.15) is 11.3 Å². The van der Waals surface area contributed by atoms with Gasteiger partial charge in [0.25, 0.3) is 11.5 Å². The average molecular weight is 391 g/mol. The monoisotopic (exact) mass is 391 g/mol. The van der Waals surface area contributed by atoms with Gasteiger partial charge in [-0.25, -0.2) is 0 Å². The van der Waals surface area contributed by atoms with Gasteiger partial charge in [-0.05, 0) is 69.0 Å². The third kappa shape index (κ3) is 4.16. The van der Waals surface area contributed by atoms with Gasteiger partial charge in [0, 0.05) is 30.4 Å². The molecule has 0 unspecified atom stereocenters. The zero-order valence-corrected chi connectivity index (χ0v) is 16.7. The fraction of sp³-hybridized carbons (Fsp3) is 0.348. The molecule has 1 fully saturated rings. The van der Waals surface area contributed by atoms with Crippen LogP contribution in [0.3, 0.4) is 0 Å². The number of carbonyl (C=O) groups excluding carboxylic acids is 1. The summed E-state index contributed by atoms with van der Waals surface area (Å²) < 4.78 is 7.65. The van der Waals surface area contributed by atoms with E-state index in [0.717, 1.165) is 48.0 Å². The summed E-state index contributed by atoms with van der Waals surface area (Å²) in [5.41, 5.74) is 1.72. The Morgan fingerprint density at radius 3 is 2.72 bits per heavy atom. The molecule has 6 nitrogen and oxygen atoms in total. The fourth-order valence-corrected chi connectivity index (χ4v) is 3.81. The smallest absolute Gasteiger partial charge is 0.263 e. The summed E-state index contributed by atoms with van der Waals surface area (Å²) in [6.07, 6.45) is 5.30. The van der Waals surface area contributed by atoms with Gasteiger partial charge in [-0.1, -0.05) is 6.07 Å². The summed E-state index contributed by atoms with van der Waals surface area (Å²) >= 11 is 0. The van der Waals surface area contributed by atoms with Crippen molar-refractivity contribution in [1.29, 1.82) is 0 Å². The summed E-state index contributed by atoms with van der Waals surface area (Å²) in [6.45, 7) is 1.84. The van der Waals surface area contributed by atoms with Crippen LogP contribution in [0.5, 0.6) is 5.75 Å². The number of rotatable bonds is 4.